The van der Waals surface area contributed by atoms with Gasteiger partial charge in [-0.1, -0.05) is 30.3 Å². The molecule has 7 nitrogen and oxygen atoms in total. The van der Waals surface area contributed by atoms with Gasteiger partial charge in [0.2, 0.25) is 10.0 Å². The van der Waals surface area contributed by atoms with E-state index in [1.54, 1.807) is 6.92 Å². The van der Waals surface area contributed by atoms with Gasteiger partial charge in [-0.3, -0.25) is 9.89 Å². The molecule has 27 heavy (non-hydrogen) atoms. The fourth-order valence-electron chi connectivity index (χ4n) is 3.23. The highest BCUT2D eigenvalue weighted by Gasteiger charge is 2.29. The van der Waals surface area contributed by atoms with Gasteiger partial charge in [0.25, 0.3) is 0 Å². The molecule has 2 unspecified atom stereocenters. The van der Waals surface area contributed by atoms with E-state index in [1.807, 2.05) is 13.0 Å². The zero-order valence-electron chi connectivity index (χ0n) is 16.6. The van der Waals surface area contributed by atoms with Gasteiger partial charge in [0.05, 0.1) is 12.3 Å². The summed E-state index contributed by atoms with van der Waals surface area (Å²) in [7, 11) is -3.16. The molecule has 152 valence electrons. The summed E-state index contributed by atoms with van der Waals surface area (Å²) < 4.78 is 25.5. The molecule has 3 N–H and O–H groups in total. The van der Waals surface area contributed by atoms with Crippen LogP contribution < -0.4 is 15.4 Å². The number of aliphatic imine (C=N–C) groups is 1. The Kier molecular flexibility index (Phi) is 8.53. The second-order valence-corrected chi connectivity index (χ2v) is 8.99. The van der Waals surface area contributed by atoms with Crippen molar-refractivity contribution < 1.29 is 8.42 Å². The van der Waals surface area contributed by atoms with Crippen molar-refractivity contribution in [3.63, 3.8) is 0 Å². The molecule has 8 heteroatoms. The number of benzene rings is 1. The maximum absolute atomic E-state index is 11.5. The first-order valence-corrected chi connectivity index (χ1v) is 11.4. The maximum atomic E-state index is 11.5. The highest BCUT2D eigenvalue weighted by molar-refractivity contribution is 7.89. The van der Waals surface area contributed by atoms with E-state index in [-0.39, 0.29) is 5.75 Å². The summed E-state index contributed by atoms with van der Waals surface area (Å²) in [5, 5.41) is 6.74. The molecule has 1 aromatic carbocycles. The first-order valence-electron chi connectivity index (χ1n) is 9.73. The van der Waals surface area contributed by atoms with Gasteiger partial charge in [0, 0.05) is 38.3 Å². The number of hydrogen-bond acceptors (Lipinski definition) is 4. The highest BCUT2D eigenvalue weighted by Crippen LogP contribution is 2.20. The van der Waals surface area contributed by atoms with Crippen LogP contribution in [0.1, 0.15) is 32.8 Å². The molecule has 1 saturated heterocycles. The number of nitrogens with one attached hydrogen (secondary N) is 3. The monoisotopic (exact) mass is 395 g/mol. The number of nitrogens with zero attached hydrogens (tertiary/aromatic N) is 2. The zero-order chi connectivity index (χ0) is 19.7. The lowest BCUT2D eigenvalue weighted by atomic mass is 10.2. The molecule has 2 rings (SSSR count). The summed E-state index contributed by atoms with van der Waals surface area (Å²) in [5.74, 6) is 0.832. The van der Waals surface area contributed by atoms with E-state index in [4.69, 9.17) is 0 Å². The first-order chi connectivity index (χ1) is 12.9. The summed E-state index contributed by atoms with van der Waals surface area (Å²) in [5.41, 5.74) is 1.33. The molecule has 1 aliphatic rings. The molecule has 0 amide bonds. The van der Waals surface area contributed by atoms with Gasteiger partial charge in [-0.15, -0.1) is 0 Å². The number of sulfonamides is 1. The molecule has 1 heterocycles. The van der Waals surface area contributed by atoms with Crippen LogP contribution in [0.2, 0.25) is 0 Å². The van der Waals surface area contributed by atoms with Gasteiger partial charge >= 0.3 is 0 Å². The second-order valence-electron chi connectivity index (χ2n) is 6.90. The van der Waals surface area contributed by atoms with Crippen molar-refractivity contribution in [3.05, 3.63) is 35.9 Å². The van der Waals surface area contributed by atoms with Gasteiger partial charge in [-0.05, 0) is 32.8 Å². The van der Waals surface area contributed by atoms with Crippen molar-refractivity contribution in [2.24, 2.45) is 4.99 Å². The lowest BCUT2D eigenvalue weighted by Gasteiger charge is -2.21. The summed E-state index contributed by atoms with van der Waals surface area (Å²) in [6.07, 6.45) is 1.06. The zero-order valence-corrected chi connectivity index (χ0v) is 17.4. The fourth-order valence-corrected chi connectivity index (χ4v) is 3.83. The van der Waals surface area contributed by atoms with Crippen molar-refractivity contribution in [2.75, 3.05) is 31.9 Å². The Morgan fingerprint density at radius 2 is 2.00 bits per heavy atom. The van der Waals surface area contributed by atoms with Crippen LogP contribution >= 0.6 is 0 Å². The molecule has 0 saturated carbocycles. The van der Waals surface area contributed by atoms with Crippen LogP contribution in [0.5, 0.6) is 0 Å². The lowest BCUT2D eigenvalue weighted by Crippen LogP contribution is -2.45. The Balaban J connectivity index is 1.85. The van der Waals surface area contributed by atoms with Crippen molar-refractivity contribution in [1.29, 1.82) is 0 Å². The highest BCUT2D eigenvalue weighted by atomic mass is 32.2. The predicted octanol–water partition coefficient (Wildman–Crippen LogP) is 1.14. The molecule has 2 atom stereocenters. The molecule has 0 aromatic heterocycles. The van der Waals surface area contributed by atoms with Crippen LogP contribution in [0.25, 0.3) is 0 Å². The smallest absolute Gasteiger partial charge is 0.211 e. The normalized spacial score (nSPS) is 21.4. The van der Waals surface area contributed by atoms with E-state index in [2.05, 4.69) is 56.4 Å². The summed E-state index contributed by atoms with van der Waals surface area (Å²) in [6, 6.07) is 11.4. The molecule has 0 radical (unpaired) electrons. The van der Waals surface area contributed by atoms with Gasteiger partial charge < -0.3 is 10.6 Å². The third-order valence-electron chi connectivity index (χ3n) is 4.70. The number of likely N-dealkylation sites (tertiary alicyclic amines) is 1. The average molecular weight is 396 g/mol. The molecule has 0 aliphatic carbocycles. The van der Waals surface area contributed by atoms with Crippen molar-refractivity contribution in [2.45, 2.75) is 45.8 Å². The topological polar surface area (TPSA) is 85.8 Å². The van der Waals surface area contributed by atoms with Crippen LogP contribution in [-0.4, -0.2) is 63.3 Å². The maximum Gasteiger partial charge on any atom is 0.211 e. The number of rotatable bonds is 9. The van der Waals surface area contributed by atoms with E-state index in [0.717, 1.165) is 32.0 Å². The molecular weight excluding hydrogens is 362 g/mol. The van der Waals surface area contributed by atoms with Gasteiger partial charge in [0.15, 0.2) is 5.96 Å². The number of guanidine groups is 1. The summed E-state index contributed by atoms with van der Waals surface area (Å²) >= 11 is 0. The van der Waals surface area contributed by atoms with Crippen LogP contribution in [0.4, 0.5) is 0 Å². The third kappa shape index (κ3) is 7.48. The average Bonchev–Trinajstić information content (AvgIpc) is 2.98. The van der Waals surface area contributed by atoms with E-state index in [0.29, 0.717) is 25.2 Å². The van der Waals surface area contributed by atoms with E-state index >= 15 is 0 Å². The second kappa shape index (κ2) is 10.6. The van der Waals surface area contributed by atoms with Crippen LogP contribution in [-0.2, 0) is 16.6 Å². The molecule has 1 aromatic rings. The Bertz CT molecular complexity index is 693. The molecule has 0 bridgehead atoms. The van der Waals surface area contributed by atoms with Crippen molar-refractivity contribution in [1.82, 2.24) is 20.3 Å². The third-order valence-corrected chi connectivity index (χ3v) is 6.11. The predicted molar refractivity (Wildman–Crippen MR) is 111 cm³/mol. The van der Waals surface area contributed by atoms with Crippen molar-refractivity contribution >= 4 is 16.0 Å². The Hall–Kier alpha value is -1.64. The molecular formula is C19H33N5O2S. The van der Waals surface area contributed by atoms with Crippen LogP contribution in [0, 0.1) is 0 Å². The Labute approximate surface area is 163 Å². The van der Waals surface area contributed by atoms with Gasteiger partial charge in [-0.2, -0.15) is 0 Å². The summed E-state index contributed by atoms with van der Waals surface area (Å²) in [4.78, 5) is 6.98. The van der Waals surface area contributed by atoms with Crippen LogP contribution in [0.3, 0.4) is 0 Å². The Morgan fingerprint density at radius 1 is 1.26 bits per heavy atom. The van der Waals surface area contributed by atoms with Crippen LogP contribution in [0.15, 0.2) is 35.3 Å². The lowest BCUT2D eigenvalue weighted by molar-refractivity contribution is 0.258. The minimum absolute atomic E-state index is 0.0895. The standard InChI is InChI=1S/C19H33N5O2S/c1-4-20-19(21-11-12-22-27(25,26)5-2)23-18-13-16(3)24(15-18)14-17-9-7-6-8-10-17/h6-10,16,18,22H,4-5,11-15H2,1-3H3,(H2,20,21,23). The van der Waals surface area contributed by atoms with E-state index in [9.17, 15) is 8.42 Å². The number of hydrogen-bond donors (Lipinski definition) is 3. The van der Waals surface area contributed by atoms with Gasteiger partial charge in [0.1, 0.15) is 0 Å². The summed E-state index contributed by atoms with van der Waals surface area (Å²) in [6.45, 7) is 9.31. The van der Waals surface area contributed by atoms with E-state index < -0.39 is 10.0 Å². The van der Waals surface area contributed by atoms with Gasteiger partial charge in [-0.25, -0.2) is 13.1 Å². The molecule has 0 spiro atoms. The first kappa shape index (κ1) is 21.7. The quantitative estimate of drug-likeness (QED) is 0.332. The Morgan fingerprint density at radius 3 is 2.67 bits per heavy atom. The van der Waals surface area contributed by atoms with Crippen molar-refractivity contribution in [3.8, 4) is 0 Å². The minimum Gasteiger partial charge on any atom is -0.357 e. The fraction of sp³-hybridized carbons (Fsp3) is 0.632. The van der Waals surface area contributed by atoms with E-state index in [1.165, 1.54) is 5.56 Å². The largest absolute Gasteiger partial charge is 0.357 e. The SMILES string of the molecule is CCNC(=NCCNS(=O)(=O)CC)NC1CC(C)N(Cc2ccccc2)C1. The molecule has 1 fully saturated rings. The minimum atomic E-state index is -3.16. The molecule has 1 aliphatic heterocycles.